The minimum absolute atomic E-state index is 0.391. The van der Waals surface area contributed by atoms with E-state index in [4.69, 9.17) is 4.74 Å². The fraction of sp³-hybridized carbons (Fsp3) is 0.652. The highest BCUT2D eigenvalue weighted by Crippen LogP contribution is 2.62. The molecule has 4 rings (SSSR count). The van der Waals surface area contributed by atoms with Gasteiger partial charge in [0.05, 0.1) is 6.61 Å². The molecule has 0 heterocycles. The molecular formula is C23H32O2. The molecule has 0 aliphatic heterocycles. The van der Waals surface area contributed by atoms with E-state index in [1.165, 1.54) is 37.7 Å². The fourth-order valence-corrected chi connectivity index (χ4v) is 6.31. The highest BCUT2D eigenvalue weighted by atomic mass is 16.5. The van der Waals surface area contributed by atoms with Crippen molar-refractivity contribution in [3.8, 4) is 5.75 Å². The van der Waals surface area contributed by atoms with Crippen molar-refractivity contribution in [3.63, 3.8) is 0 Å². The first kappa shape index (κ1) is 17.1. The van der Waals surface area contributed by atoms with Crippen LogP contribution >= 0.6 is 0 Å². The third-order valence-corrected chi connectivity index (χ3v) is 7.65. The lowest BCUT2D eigenvalue weighted by molar-refractivity contribution is 0.0807. The Morgan fingerprint density at radius 1 is 1.24 bits per heavy atom. The van der Waals surface area contributed by atoms with Gasteiger partial charge in [0, 0.05) is 7.11 Å². The summed E-state index contributed by atoms with van der Waals surface area (Å²) in [5, 5.41) is 10.3. The first-order chi connectivity index (χ1) is 12.1. The van der Waals surface area contributed by atoms with E-state index in [1.54, 1.807) is 18.2 Å². The minimum Gasteiger partial charge on any atom is -0.508 e. The lowest BCUT2D eigenvalue weighted by Gasteiger charge is -2.49. The number of benzene rings is 1. The molecule has 3 aliphatic carbocycles. The summed E-state index contributed by atoms with van der Waals surface area (Å²) in [7, 11) is 1.79. The molecule has 0 aromatic heterocycles. The van der Waals surface area contributed by atoms with Crippen molar-refractivity contribution < 1.29 is 9.84 Å². The summed E-state index contributed by atoms with van der Waals surface area (Å²) in [5.74, 6) is 2.84. The predicted molar refractivity (Wildman–Crippen MR) is 102 cm³/mol. The maximum atomic E-state index is 10.3. The molecule has 2 nitrogen and oxygen atoms in total. The molecule has 2 heteroatoms. The van der Waals surface area contributed by atoms with Gasteiger partial charge in [0.15, 0.2) is 0 Å². The average Bonchev–Trinajstić information content (AvgIpc) is 2.95. The van der Waals surface area contributed by atoms with Crippen molar-refractivity contribution in [1.29, 1.82) is 0 Å². The zero-order valence-electron chi connectivity index (χ0n) is 16.0. The Hall–Kier alpha value is -1.28. The van der Waals surface area contributed by atoms with Gasteiger partial charge < -0.3 is 9.84 Å². The molecule has 0 radical (unpaired) electrons. The average molecular weight is 341 g/mol. The summed E-state index contributed by atoms with van der Waals surface area (Å²) in [4.78, 5) is 0. The van der Waals surface area contributed by atoms with Crippen LogP contribution in [0.1, 0.15) is 68.6 Å². The first-order valence-electron chi connectivity index (χ1n) is 10.1. The summed E-state index contributed by atoms with van der Waals surface area (Å²) in [6, 6.07) is 4.40. The number of fused-ring (bicyclic) bond motifs is 5. The Labute approximate surface area is 152 Å². The molecule has 4 unspecified atom stereocenters. The number of aryl methyl sites for hydroxylation is 2. The van der Waals surface area contributed by atoms with Gasteiger partial charge in [-0.3, -0.25) is 0 Å². The molecule has 1 aromatic carbocycles. The Bertz CT molecular complexity index is 690. The first-order valence-corrected chi connectivity index (χ1v) is 10.1. The molecule has 0 amide bonds. The van der Waals surface area contributed by atoms with Gasteiger partial charge >= 0.3 is 0 Å². The van der Waals surface area contributed by atoms with Gasteiger partial charge in [0.1, 0.15) is 5.75 Å². The van der Waals surface area contributed by atoms with Gasteiger partial charge in [0.25, 0.3) is 0 Å². The number of hydrogen-bond donors (Lipinski definition) is 1. The van der Waals surface area contributed by atoms with Crippen LogP contribution in [0.3, 0.4) is 0 Å². The smallest absolute Gasteiger partial charge is 0.119 e. The number of methoxy groups -OCH3 is 1. The third-order valence-electron chi connectivity index (χ3n) is 7.65. The van der Waals surface area contributed by atoms with Gasteiger partial charge in [-0.15, -0.1) is 0 Å². The Morgan fingerprint density at radius 3 is 2.84 bits per heavy atom. The number of rotatable bonds is 3. The molecule has 0 saturated heterocycles. The number of hydrogen-bond acceptors (Lipinski definition) is 2. The van der Waals surface area contributed by atoms with E-state index in [9.17, 15) is 5.11 Å². The predicted octanol–water partition coefficient (Wildman–Crippen LogP) is 5.38. The lowest BCUT2D eigenvalue weighted by atomic mass is 9.55. The zero-order chi connectivity index (χ0) is 17.6. The maximum Gasteiger partial charge on any atom is 0.119 e. The van der Waals surface area contributed by atoms with E-state index < -0.39 is 0 Å². The summed E-state index contributed by atoms with van der Waals surface area (Å²) in [6.07, 6.45) is 10.9. The summed E-state index contributed by atoms with van der Waals surface area (Å²) in [5.41, 5.74) is 6.14. The van der Waals surface area contributed by atoms with E-state index in [0.717, 1.165) is 36.8 Å². The molecule has 3 aliphatic rings. The molecule has 2 saturated carbocycles. The van der Waals surface area contributed by atoms with Gasteiger partial charge in [-0.1, -0.05) is 31.6 Å². The molecule has 136 valence electrons. The van der Waals surface area contributed by atoms with Gasteiger partial charge in [-0.2, -0.15) is 0 Å². The van der Waals surface area contributed by atoms with Crippen molar-refractivity contribution in [3.05, 3.63) is 40.5 Å². The Balaban J connectivity index is 1.66. The highest BCUT2D eigenvalue weighted by molar-refractivity contribution is 5.46. The van der Waals surface area contributed by atoms with Crippen molar-refractivity contribution in [2.45, 2.75) is 64.7 Å². The third kappa shape index (κ3) is 2.65. The van der Waals surface area contributed by atoms with E-state index in [2.05, 4.69) is 32.1 Å². The zero-order valence-corrected chi connectivity index (χ0v) is 16.0. The Morgan fingerprint density at radius 2 is 2.08 bits per heavy atom. The van der Waals surface area contributed by atoms with Crippen molar-refractivity contribution in [1.82, 2.24) is 0 Å². The monoisotopic (exact) mass is 340 g/mol. The largest absolute Gasteiger partial charge is 0.508 e. The lowest BCUT2D eigenvalue weighted by Crippen LogP contribution is -2.40. The van der Waals surface area contributed by atoms with Gasteiger partial charge in [0.2, 0.25) is 0 Å². The van der Waals surface area contributed by atoms with Crippen molar-refractivity contribution >= 4 is 0 Å². The second-order valence-corrected chi connectivity index (χ2v) is 8.63. The number of phenolic OH excluding ortho intramolecular Hbond substituents is 1. The molecule has 0 spiro atoms. The molecule has 1 N–H and O–H groups in total. The van der Waals surface area contributed by atoms with Crippen LogP contribution in [-0.4, -0.2) is 18.8 Å². The van der Waals surface area contributed by atoms with E-state index >= 15 is 0 Å². The topological polar surface area (TPSA) is 29.5 Å². The van der Waals surface area contributed by atoms with Crippen LogP contribution < -0.4 is 0 Å². The molecule has 0 bridgehead atoms. The quantitative estimate of drug-likeness (QED) is 0.748. The van der Waals surface area contributed by atoms with Crippen molar-refractivity contribution in [2.24, 2.45) is 17.3 Å². The van der Waals surface area contributed by atoms with Crippen LogP contribution in [0.15, 0.2) is 23.8 Å². The standard InChI is InChI=1S/C23H32O2/c1-4-15-13-20-16(14-22(15)24)5-7-19-18(20)9-11-23(2)17(10-12-25-3)6-8-21(19)23/h10,13-14,18-19,21,24H,4-9,11-12H2,1-3H3. The molecule has 25 heavy (non-hydrogen) atoms. The van der Waals surface area contributed by atoms with Crippen LogP contribution in [0.2, 0.25) is 0 Å². The van der Waals surface area contributed by atoms with Crippen LogP contribution in [0.4, 0.5) is 0 Å². The molecular weight excluding hydrogens is 308 g/mol. The van der Waals surface area contributed by atoms with Crippen LogP contribution in [0, 0.1) is 17.3 Å². The summed E-state index contributed by atoms with van der Waals surface area (Å²) in [6.45, 7) is 5.42. The fourth-order valence-electron chi connectivity index (χ4n) is 6.31. The number of allylic oxidation sites excluding steroid dienone is 1. The second kappa shape index (κ2) is 6.46. The highest BCUT2D eigenvalue weighted by Gasteiger charge is 2.52. The second-order valence-electron chi connectivity index (χ2n) is 8.63. The van der Waals surface area contributed by atoms with Gasteiger partial charge in [-0.05, 0) is 90.9 Å². The van der Waals surface area contributed by atoms with Crippen molar-refractivity contribution in [2.75, 3.05) is 13.7 Å². The molecule has 1 aromatic rings. The van der Waals surface area contributed by atoms with Gasteiger partial charge in [-0.25, -0.2) is 0 Å². The maximum absolute atomic E-state index is 10.3. The minimum atomic E-state index is 0.391. The Kier molecular flexibility index (Phi) is 4.43. The van der Waals surface area contributed by atoms with Crippen LogP contribution in [-0.2, 0) is 17.6 Å². The number of phenols is 1. The number of ether oxygens (including phenoxy) is 1. The summed E-state index contributed by atoms with van der Waals surface area (Å²) >= 11 is 0. The molecule has 2 fully saturated rings. The number of aromatic hydroxyl groups is 1. The molecule has 4 atom stereocenters. The van der Waals surface area contributed by atoms with E-state index in [0.29, 0.717) is 17.1 Å². The normalized spacial score (nSPS) is 35.3. The van der Waals surface area contributed by atoms with E-state index in [1.807, 2.05) is 0 Å². The van der Waals surface area contributed by atoms with E-state index in [-0.39, 0.29) is 0 Å². The van der Waals surface area contributed by atoms with Crippen LogP contribution in [0.5, 0.6) is 5.75 Å². The summed E-state index contributed by atoms with van der Waals surface area (Å²) < 4.78 is 5.32. The van der Waals surface area contributed by atoms with Crippen LogP contribution in [0.25, 0.3) is 0 Å². The SMILES string of the molecule is CCc1cc2c(cc1O)CCC1C2CCC2(C)C(=CCOC)CCC12.